The molecule has 3 heteroatoms. The van der Waals surface area contributed by atoms with Crippen molar-refractivity contribution in [1.82, 2.24) is 4.98 Å². The molecule has 0 aliphatic rings. The van der Waals surface area contributed by atoms with Crippen LogP contribution in [0.5, 0.6) is 0 Å². The molecular weight excluding hydrogens is 166 g/mol. The van der Waals surface area contributed by atoms with E-state index < -0.39 is 0 Å². The lowest BCUT2D eigenvalue weighted by Crippen LogP contribution is -2.05. The highest BCUT2D eigenvalue weighted by Gasteiger charge is 1.97. The van der Waals surface area contributed by atoms with E-state index in [1.807, 2.05) is 12.1 Å². The minimum absolute atomic E-state index is 0.149. The molecule has 0 aromatic carbocycles. The number of ether oxygens (including phenoxy) is 1. The topological polar surface area (TPSA) is 39.2 Å². The van der Waals surface area contributed by atoms with Gasteiger partial charge in [-0.3, -0.25) is 9.78 Å². The van der Waals surface area contributed by atoms with Crippen LogP contribution in [0.25, 0.3) is 0 Å². The Morgan fingerprint density at radius 2 is 2.46 bits per heavy atom. The maximum atomic E-state index is 10.8. The van der Waals surface area contributed by atoms with Gasteiger partial charge in [0.2, 0.25) is 0 Å². The van der Waals surface area contributed by atoms with Crippen LogP contribution in [0.1, 0.15) is 18.9 Å². The van der Waals surface area contributed by atoms with E-state index in [2.05, 4.69) is 4.98 Å². The highest BCUT2D eigenvalue weighted by atomic mass is 16.5. The molecule has 0 bridgehead atoms. The van der Waals surface area contributed by atoms with Gasteiger partial charge in [0.05, 0.1) is 6.61 Å². The van der Waals surface area contributed by atoms with Crippen LogP contribution in [0.2, 0.25) is 0 Å². The average Bonchev–Trinajstić information content (AvgIpc) is 2.19. The summed E-state index contributed by atoms with van der Waals surface area (Å²) in [6.07, 6.45) is 4.67. The Hall–Kier alpha value is -1.38. The summed E-state index contributed by atoms with van der Waals surface area (Å²) in [5.74, 6) is -0.149. The van der Waals surface area contributed by atoms with Crippen LogP contribution >= 0.6 is 0 Å². The molecule has 0 amide bonds. The number of carbonyl (C=O) groups is 1. The van der Waals surface area contributed by atoms with Gasteiger partial charge in [-0.05, 0) is 11.6 Å². The Morgan fingerprint density at radius 1 is 1.62 bits per heavy atom. The molecule has 70 valence electrons. The number of hydrogen-bond donors (Lipinski definition) is 0. The second-order valence-corrected chi connectivity index (χ2v) is 2.69. The molecule has 0 N–H and O–H groups in total. The lowest BCUT2D eigenvalue weighted by atomic mass is 10.2. The van der Waals surface area contributed by atoms with Crippen molar-refractivity contribution in [3.05, 3.63) is 30.1 Å². The molecule has 0 saturated carbocycles. The van der Waals surface area contributed by atoms with Gasteiger partial charge in [0, 0.05) is 25.2 Å². The van der Waals surface area contributed by atoms with Gasteiger partial charge in [-0.15, -0.1) is 0 Å². The summed E-state index contributed by atoms with van der Waals surface area (Å²) in [5.41, 5.74) is 1.09. The zero-order chi connectivity index (χ0) is 9.52. The summed E-state index contributed by atoms with van der Waals surface area (Å²) >= 11 is 0. The van der Waals surface area contributed by atoms with Crippen molar-refractivity contribution in [3.63, 3.8) is 0 Å². The van der Waals surface area contributed by atoms with E-state index in [-0.39, 0.29) is 5.97 Å². The minimum atomic E-state index is -0.149. The molecule has 3 nitrogen and oxygen atoms in total. The van der Waals surface area contributed by atoms with Crippen LogP contribution in [-0.2, 0) is 16.0 Å². The van der Waals surface area contributed by atoms with Gasteiger partial charge in [0.1, 0.15) is 0 Å². The van der Waals surface area contributed by atoms with Crippen molar-refractivity contribution < 1.29 is 9.53 Å². The van der Waals surface area contributed by atoms with E-state index in [9.17, 15) is 4.79 Å². The van der Waals surface area contributed by atoms with Gasteiger partial charge < -0.3 is 4.74 Å². The third-order valence-electron chi connectivity index (χ3n) is 1.67. The van der Waals surface area contributed by atoms with Gasteiger partial charge >= 0.3 is 5.97 Å². The fourth-order valence-electron chi connectivity index (χ4n) is 0.931. The number of carbonyl (C=O) groups excluding carboxylic acids is 1. The minimum Gasteiger partial charge on any atom is -0.465 e. The standard InChI is InChI=1S/C10H13NO2/c1-2-10(12)13-7-5-9-4-3-6-11-8-9/h3-4,6,8H,2,5,7H2,1H3. The molecule has 0 spiro atoms. The second-order valence-electron chi connectivity index (χ2n) is 2.69. The van der Waals surface area contributed by atoms with E-state index in [0.29, 0.717) is 13.0 Å². The van der Waals surface area contributed by atoms with Gasteiger partial charge in [-0.25, -0.2) is 0 Å². The fraction of sp³-hybridized carbons (Fsp3) is 0.400. The largest absolute Gasteiger partial charge is 0.465 e. The van der Waals surface area contributed by atoms with E-state index in [0.717, 1.165) is 12.0 Å². The van der Waals surface area contributed by atoms with Crippen molar-refractivity contribution in [2.45, 2.75) is 19.8 Å². The lowest BCUT2D eigenvalue weighted by molar-refractivity contribution is -0.143. The van der Waals surface area contributed by atoms with E-state index >= 15 is 0 Å². The van der Waals surface area contributed by atoms with Gasteiger partial charge in [0.25, 0.3) is 0 Å². The van der Waals surface area contributed by atoms with E-state index in [4.69, 9.17) is 4.74 Å². The van der Waals surface area contributed by atoms with Crippen molar-refractivity contribution in [1.29, 1.82) is 0 Å². The number of nitrogens with zero attached hydrogens (tertiary/aromatic N) is 1. The average molecular weight is 179 g/mol. The normalized spacial score (nSPS) is 9.62. The molecule has 0 saturated heterocycles. The molecule has 1 aromatic heterocycles. The zero-order valence-corrected chi connectivity index (χ0v) is 7.69. The summed E-state index contributed by atoms with van der Waals surface area (Å²) in [4.78, 5) is 14.7. The first-order chi connectivity index (χ1) is 6.33. The van der Waals surface area contributed by atoms with Crippen LogP contribution in [0.3, 0.4) is 0 Å². The molecular formula is C10H13NO2. The van der Waals surface area contributed by atoms with E-state index in [1.54, 1.807) is 19.3 Å². The first kappa shape index (κ1) is 9.71. The molecule has 0 aliphatic heterocycles. The molecule has 13 heavy (non-hydrogen) atoms. The number of aromatic nitrogens is 1. The number of pyridine rings is 1. The van der Waals surface area contributed by atoms with Crippen LogP contribution in [0.4, 0.5) is 0 Å². The monoisotopic (exact) mass is 179 g/mol. The van der Waals surface area contributed by atoms with Gasteiger partial charge in [0.15, 0.2) is 0 Å². The molecule has 1 heterocycles. The Kier molecular flexibility index (Phi) is 3.96. The summed E-state index contributed by atoms with van der Waals surface area (Å²) in [6, 6.07) is 3.84. The number of rotatable bonds is 4. The Labute approximate surface area is 77.8 Å². The number of esters is 1. The predicted octanol–water partition coefficient (Wildman–Crippen LogP) is 1.58. The molecule has 0 atom stereocenters. The zero-order valence-electron chi connectivity index (χ0n) is 7.69. The van der Waals surface area contributed by atoms with Crippen LogP contribution in [0.15, 0.2) is 24.5 Å². The molecule has 0 unspecified atom stereocenters. The summed E-state index contributed by atoms with van der Waals surface area (Å²) < 4.78 is 4.93. The molecule has 0 fully saturated rings. The third kappa shape index (κ3) is 3.69. The van der Waals surface area contributed by atoms with E-state index in [1.165, 1.54) is 0 Å². The smallest absolute Gasteiger partial charge is 0.305 e. The lowest BCUT2D eigenvalue weighted by Gasteiger charge is -2.02. The molecule has 1 aromatic rings. The van der Waals surface area contributed by atoms with Crippen molar-refractivity contribution in [3.8, 4) is 0 Å². The Balaban J connectivity index is 2.24. The summed E-state index contributed by atoms with van der Waals surface area (Å²) in [5, 5.41) is 0. The van der Waals surface area contributed by atoms with Crippen LogP contribution in [-0.4, -0.2) is 17.6 Å². The molecule has 0 aliphatic carbocycles. The molecule has 1 rings (SSSR count). The van der Waals surface area contributed by atoms with Gasteiger partial charge in [-0.1, -0.05) is 13.0 Å². The first-order valence-corrected chi connectivity index (χ1v) is 4.37. The SMILES string of the molecule is CCC(=O)OCCc1cccnc1. The quantitative estimate of drug-likeness (QED) is 0.659. The Morgan fingerprint density at radius 3 is 3.08 bits per heavy atom. The summed E-state index contributed by atoms with van der Waals surface area (Å²) in [7, 11) is 0. The number of hydrogen-bond acceptors (Lipinski definition) is 3. The predicted molar refractivity (Wildman–Crippen MR) is 49.2 cm³/mol. The first-order valence-electron chi connectivity index (χ1n) is 4.37. The van der Waals surface area contributed by atoms with Crippen molar-refractivity contribution in [2.75, 3.05) is 6.61 Å². The van der Waals surface area contributed by atoms with Gasteiger partial charge in [-0.2, -0.15) is 0 Å². The van der Waals surface area contributed by atoms with Crippen molar-refractivity contribution >= 4 is 5.97 Å². The highest BCUT2D eigenvalue weighted by molar-refractivity contribution is 5.68. The maximum Gasteiger partial charge on any atom is 0.305 e. The third-order valence-corrected chi connectivity index (χ3v) is 1.67. The van der Waals surface area contributed by atoms with Crippen LogP contribution < -0.4 is 0 Å². The molecule has 0 radical (unpaired) electrons. The van der Waals surface area contributed by atoms with Crippen LogP contribution in [0, 0.1) is 0 Å². The Bertz CT molecular complexity index is 259. The van der Waals surface area contributed by atoms with Crippen molar-refractivity contribution in [2.24, 2.45) is 0 Å². The maximum absolute atomic E-state index is 10.8. The second kappa shape index (κ2) is 5.30. The summed E-state index contributed by atoms with van der Waals surface area (Å²) in [6.45, 7) is 2.23. The highest BCUT2D eigenvalue weighted by Crippen LogP contribution is 1.97. The fourth-order valence-corrected chi connectivity index (χ4v) is 0.931.